The predicted molar refractivity (Wildman–Crippen MR) is 96.9 cm³/mol. The second kappa shape index (κ2) is 7.59. The fourth-order valence-corrected chi connectivity index (χ4v) is 3.87. The predicted octanol–water partition coefficient (Wildman–Crippen LogP) is 4.27. The van der Waals surface area contributed by atoms with Gasteiger partial charge in [-0.1, -0.05) is 41.7 Å². The molecule has 2 aromatic rings. The molecule has 126 valence electrons. The minimum atomic E-state index is -0.340. The molecule has 24 heavy (non-hydrogen) atoms. The summed E-state index contributed by atoms with van der Waals surface area (Å²) in [5.41, 5.74) is 2.23. The zero-order valence-corrected chi connectivity index (χ0v) is 14.4. The van der Waals surface area contributed by atoms with E-state index in [4.69, 9.17) is 4.74 Å². The van der Waals surface area contributed by atoms with Crippen LogP contribution in [0, 0.1) is 10.1 Å². The summed E-state index contributed by atoms with van der Waals surface area (Å²) in [6.07, 6.45) is 4.28. The van der Waals surface area contributed by atoms with E-state index in [9.17, 15) is 10.1 Å². The molecule has 1 aromatic carbocycles. The van der Waals surface area contributed by atoms with Gasteiger partial charge in [0, 0.05) is 30.3 Å². The average Bonchev–Trinajstić information content (AvgIpc) is 3.23. The van der Waals surface area contributed by atoms with E-state index >= 15 is 0 Å². The number of nitrogens with zero attached hydrogens (tertiary/aromatic N) is 2. The van der Waals surface area contributed by atoms with Crippen LogP contribution in [0.5, 0.6) is 0 Å². The first-order chi connectivity index (χ1) is 11.7. The largest absolute Gasteiger partial charge is 0.383 e. The zero-order valence-electron chi connectivity index (χ0n) is 13.6. The van der Waals surface area contributed by atoms with Crippen LogP contribution < -0.4 is 0 Å². The van der Waals surface area contributed by atoms with Gasteiger partial charge in [-0.2, -0.15) is 0 Å². The number of benzene rings is 1. The standard InChI is InChI=1S/C18H20N2O3S/c1-23-13-15-8-5-11-19(15)17(14-6-3-2-4-7-14)12-16-9-10-18(24-16)20(21)22/h2-4,6-7,9-10,12,15H,5,8,11,13H2,1H3/b17-12+/t15-/m1/s1. The highest BCUT2D eigenvalue weighted by atomic mass is 32.1. The number of methoxy groups -OCH3 is 1. The normalized spacial score (nSPS) is 18.1. The minimum Gasteiger partial charge on any atom is -0.383 e. The van der Waals surface area contributed by atoms with Gasteiger partial charge in [-0.25, -0.2) is 0 Å². The van der Waals surface area contributed by atoms with Crippen LogP contribution in [0.3, 0.4) is 0 Å². The third-order valence-electron chi connectivity index (χ3n) is 4.19. The maximum absolute atomic E-state index is 10.9. The van der Waals surface area contributed by atoms with E-state index in [1.165, 1.54) is 11.3 Å². The van der Waals surface area contributed by atoms with E-state index in [-0.39, 0.29) is 9.92 Å². The van der Waals surface area contributed by atoms with Crippen LogP contribution >= 0.6 is 11.3 Å². The number of likely N-dealkylation sites (tertiary alicyclic amines) is 1. The first-order valence-corrected chi connectivity index (χ1v) is 8.77. The summed E-state index contributed by atoms with van der Waals surface area (Å²) in [4.78, 5) is 13.9. The van der Waals surface area contributed by atoms with Gasteiger partial charge in [0.2, 0.25) is 0 Å². The summed E-state index contributed by atoms with van der Waals surface area (Å²) in [6, 6.07) is 13.9. The summed E-state index contributed by atoms with van der Waals surface area (Å²) in [7, 11) is 1.73. The first kappa shape index (κ1) is 16.7. The highest BCUT2D eigenvalue weighted by molar-refractivity contribution is 7.16. The topological polar surface area (TPSA) is 55.6 Å². The van der Waals surface area contributed by atoms with Crippen LogP contribution in [-0.2, 0) is 4.74 Å². The molecule has 1 fully saturated rings. The maximum atomic E-state index is 10.9. The van der Waals surface area contributed by atoms with Gasteiger partial charge in [-0.05, 0) is 30.5 Å². The van der Waals surface area contributed by atoms with Crippen molar-refractivity contribution in [1.82, 2.24) is 4.90 Å². The van der Waals surface area contributed by atoms with Crippen molar-refractivity contribution in [2.45, 2.75) is 18.9 Å². The van der Waals surface area contributed by atoms with Crippen molar-refractivity contribution in [2.75, 3.05) is 20.3 Å². The molecule has 0 radical (unpaired) electrons. The number of hydrogen-bond acceptors (Lipinski definition) is 5. The Labute approximate surface area is 145 Å². The average molecular weight is 344 g/mol. The van der Waals surface area contributed by atoms with Crippen molar-refractivity contribution in [1.29, 1.82) is 0 Å². The molecule has 6 heteroatoms. The van der Waals surface area contributed by atoms with E-state index in [0.29, 0.717) is 12.6 Å². The summed E-state index contributed by atoms with van der Waals surface area (Å²) < 4.78 is 5.37. The Hall–Kier alpha value is -2.18. The van der Waals surface area contributed by atoms with Gasteiger partial charge >= 0.3 is 5.00 Å². The monoisotopic (exact) mass is 344 g/mol. The summed E-state index contributed by atoms with van der Waals surface area (Å²) in [6.45, 7) is 1.66. The SMILES string of the molecule is COC[C@H]1CCCN1/C(=C/c1ccc([N+](=O)[O-])s1)c1ccccc1. The van der Waals surface area contributed by atoms with E-state index in [2.05, 4.69) is 23.1 Å². The van der Waals surface area contributed by atoms with Crippen molar-refractivity contribution >= 4 is 28.1 Å². The number of thiophene rings is 1. The molecule has 5 nitrogen and oxygen atoms in total. The fraction of sp³-hybridized carbons (Fsp3) is 0.333. The highest BCUT2D eigenvalue weighted by Crippen LogP contribution is 2.33. The quantitative estimate of drug-likeness (QED) is 0.580. The zero-order chi connectivity index (χ0) is 16.9. The Kier molecular flexibility index (Phi) is 5.27. The summed E-state index contributed by atoms with van der Waals surface area (Å²) in [5.74, 6) is 0. The third kappa shape index (κ3) is 3.66. The molecule has 3 rings (SSSR count). The lowest BCUT2D eigenvalue weighted by molar-refractivity contribution is -0.380. The third-order valence-corrected chi connectivity index (χ3v) is 5.17. The maximum Gasteiger partial charge on any atom is 0.324 e. The van der Waals surface area contributed by atoms with Crippen molar-refractivity contribution < 1.29 is 9.66 Å². The van der Waals surface area contributed by atoms with Crippen molar-refractivity contribution in [3.8, 4) is 0 Å². The first-order valence-electron chi connectivity index (χ1n) is 7.96. The van der Waals surface area contributed by atoms with Crippen LogP contribution in [0.25, 0.3) is 11.8 Å². The Morgan fingerprint density at radius 3 is 2.83 bits per heavy atom. The molecule has 0 N–H and O–H groups in total. The number of nitro groups is 1. The molecule has 1 atom stereocenters. The van der Waals surface area contributed by atoms with Crippen molar-refractivity contribution in [2.24, 2.45) is 0 Å². The van der Waals surface area contributed by atoms with E-state index in [1.807, 2.05) is 24.3 Å². The van der Waals surface area contributed by atoms with Gasteiger partial charge in [0.25, 0.3) is 0 Å². The molecule has 0 unspecified atom stereocenters. The number of ether oxygens (including phenoxy) is 1. The van der Waals surface area contributed by atoms with E-state index in [0.717, 1.165) is 35.5 Å². The van der Waals surface area contributed by atoms with Crippen LogP contribution in [0.15, 0.2) is 42.5 Å². The molecule has 1 aromatic heterocycles. The Bertz CT molecular complexity index is 727. The van der Waals surface area contributed by atoms with Gasteiger partial charge < -0.3 is 9.64 Å². The number of hydrogen-bond donors (Lipinski definition) is 0. The lowest BCUT2D eigenvalue weighted by Crippen LogP contribution is -2.31. The van der Waals surface area contributed by atoms with Crippen molar-refractivity contribution in [3.63, 3.8) is 0 Å². The Balaban J connectivity index is 1.98. The fourth-order valence-electron chi connectivity index (χ4n) is 3.11. The second-order valence-electron chi connectivity index (χ2n) is 5.77. The molecule has 0 saturated carbocycles. The van der Waals surface area contributed by atoms with Crippen LogP contribution in [-0.4, -0.2) is 36.1 Å². The van der Waals surface area contributed by atoms with Crippen LogP contribution in [0.1, 0.15) is 23.3 Å². The Morgan fingerprint density at radius 2 is 2.17 bits per heavy atom. The van der Waals surface area contributed by atoms with Crippen LogP contribution in [0.2, 0.25) is 0 Å². The summed E-state index contributed by atoms with van der Waals surface area (Å²) in [5, 5.41) is 11.1. The van der Waals surface area contributed by atoms with E-state index in [1.54, 1.807) is 13.2 Å². The van der Waals surface area contributed by atoms with Gasteiger partial charge in [0.05, 0.1) is 17.6 Å². The molecule has 0 aliphatic carbocycles. The second-order valence-corrected chi connectivity index (χ2v) is 6.87. The smallest absolute Gasteiger partial charge is 0.324 e. The molecule has 0 spiro atoms. The molecule has 1 aliphatic rings. The molecule has 0 amide bonds. The Morgan fingerprint density at radius 1 is 1.38 bits per heavy atom. The molecular weight excluding hydrogens is 324 g/mol. The van der Waals surface area contributed by atoms with Gasteiger partial charge in [0.1, 0.15) is 0 Å². The van der Waals surface area contributed by atoms with Gasteiger partial charge in [-0.15, -0.1) is 0 Å². The minimum absolute atomic E-state index is 0.170. The molecule has 1 aliphatic heterocycles. The highest BCUT2D eigenvalue weighted by Gasteiger charge is 2.27. The van der Waals surface area contributed by atoms with Crippen LogP contribution in [0.4, 0.5) is 5.00 Å². The lowest BCUT2D eigenvalue weighted by atomic mass is 10.1. The number of rotatable bonds is 6. The van der Waals surface area contributed by atoms with Gasteiger partial charge in [0.15, 0.2) is 0 Å². The van der Waals surface area contributed by atoms with Crippen molar-refractivity contribution in [3.05, 3.63) is 63.0 Å². The molecular formula is C18H20N2O3S. The lowest BCUT2D eigenvalue weighted by Gasteiger charge is -2.29. The molecule has 1 saturated heterocycles. The van der Waals surface area contributed by atoms with Gasteiger partial charge in [-0.3, -0.25) is 10.1 Å². The van der Waals surface area contributed by atoms with E-state index < -0.39 is 0 Å². The summed E-state index contributed by atoms with van der Waals surface area (Å²) >= 11 is 1.20. The molecule has 0 bridgehead atoms. The molecule has 2 heterocycles.